The van der Waals surface area contributed by atoms with Crippen LogP contribution in [-0.2, 0) is 10.5 Å². The minimum atomic E-state index is -0.385. The third kappa shape index (κ3) is 3.95. The number of fused-ring (bicyclic) bond motifs is 2. The fourth-order valence-electron chi connectivity index (χ4n) is 3.27. The molecule has 4 aromatic rings. The van der Waals surface area contributed by atoms with Crippen LogP contribution in [0.2, 0.25) is 0 Å². The summed E-state index contributed by atoms with van der Waals surface area (Å²) >= 11 is 1.42. The van der Waals surface area contributed by atoms with Crippen LogP contribution in [0.1, 0.15) is 16.1 Å². The maximum atomic E-state index is 13.1. The molecular weight excluding hydrogens is 416 g/mol. The van der Waals surface area contributed by atoms with Crippen LogP contribution in [-0.4, -0.2) is 28.4 Å². The van der Waals surface area contributed by atoms with E-state index in [0.29, 0.717) is 33.6 Å². The quantitative estimate of drug-likeness (QED) is 0.361. The van der Waals surface area contributed by atoms with Crippen LogP contribution in [0.4, 0.5) is 11.4 Å². The first-order valence-corrected chi connectivity index (χ1v) is 10.4. The molecule has 0 atom stereocenters. The number of nitrogens with zero attached hydrogens (tertiary/aromatic N) is 2. The second kappa shape index (κ2) is 8.11. The number of hydrogen-bond acceptors (Lipinski definition) is 7. The van der Waals surface area contributed by atoms with Crippen LogP contribution in [0.25, 0.3) is 11.0 Å². The van der Waals surface area contributed by atoms with Crippen LogP contribution < -0.4 is 15.4 Å². The van der Waals surface area contributed by atoms with Crippen molar-refractivity contribution in [3.8, 4) is 5.75 Å². The fraction of sp³-hybridized carbons (Fsp3) is 0.0909. The fourth-order valence-corrected chi connectivity index (χ4v) is 4.10. The molecular formula is C22H16N4O4S. The highest BCUT2D eigenvalue weighted by Gasteiger charge is 2.22. The van der Waals surface area contributed by atoms with Gasteiger partial charge in [0, 0.05) is 34.8 Å². The standard InChI is InChI=1S/C22H16N4O4S/c27-19-11-29-18-7-6-13(10-16(18)26-19)25-21(28)20-15(12-31-22-23-8-3-9-24-22)14-4-1-2-5-17(14)30-20/h1-10H,11-12H2,(H,25,28)(H,26,27). The summed E-state index contributed by atoms with van der Waals surface area (Å²) in [4.78, 5) is 33.1. The first kappa shape index (κ1) is 19.1. The molecule has 8 nitrogen and oxygen atoms in total. The molecule has 0 saturated heterocycles. The lowest BCUT2D eigenvalue weighted by molar-refractivity contribution is -0.118. The van der Waals surface area contributed by atoms with Crippen molar-refractivity contribution in [2.75, 3.05) is 17.2 Å². The number of carbonyl (C=O) groups is 2. The van der Waals surface area contributed by atoms with E-state index in [2.05, 4.69) is 20.6 Å². The molecule has 5 rings (SSSR count). The number of nitrogens with one attached hydrogen (secondary N) is 2. The number of amides is 2. The lowest BCUT2D eigenvalue weighted by atomic mass is 10.1. The molecule has 1 aliphatic heterocycles. The summed E-state index contributed by atoms with van der Waals surface area (Å²) in [6.45, 7) is -0.0240. The van der Waals surface area contributed by atoms with Gasteiger partial charge in [0.15, 0.2) is 17.5 Å². The van der Waals surface area contributed by atoms with Gasteiger partial charge in [0.25, 0.3) is 11.8 Å². The van der Waals surface area contributed by atoms with Gasteiger partial charge in [-0.2, -0.15) is 0 Å². The molecule has 0 unspecified atom stereocenters. The molecule has 2 N–H and O–H groups in total. The average Bonchev–Trinajstić information content (AvgIpc) is 3.17. The van der Waals surface area contributed by atoms with E-state index in [1.54, 1.807) is 36.7 Å². The topological polar surface area (TPSA) is 106 Å². The normalized spacial score (nSPS) is 12.7. The Morgan fingerprint density at radius 2 is 1.97 bits per heavy atom. The largest absolute Gasteiger partial charge is 0.482 e. The Balaban J connectivity index is 1.43. The Morgan fingerprint density at radius 1 is 1.13 bits per heavy atom. The van der Waals surface area contributed by atoms with Crippen molar-refractivity contribution < 1.29 is 18.7 Å². The van der Waals surface area contributed by atoms with Crippen molar-refractivity contribution in [1.29, 1.82) is 0 Å². The van der Waals surface area contributed by atoms with Crippen LogP contribution in [0.15, 0.2) is 70.5 Å². The first-order chi connectivity index (χ1) is 15.2. The minimum Gasteiger partial charge on any atom is -0.482 e. The van der Waals surface area contributed by atoms with Crippen molar-refractivity contribution in [1.82, 2.24) is 9.97 Å². The van der Waals surface area contributed by atoms with E-state index in [1.807, 2.05) is 24.3 Å². The van der Waals surface area contributed by atoms with Crippen molar-refractivity contribution in [3.63, 3.8) is 0 Å². The molecule has 0 radical (unpaired) electrons. The third-order valence-electron chi connectivity index (χ3n) is 4.66. The first-order valence-electron chi connectivity index (χ1n) is 9.45. The predicted molar refractivity (Wildman–Crippen MR) is 116 cm³/mol. The molecule has 0 fully saturated rings. The predicted octanol–water partition coefficient (Wildman–Crippen LogP) is 4.10. The second-order valence-corrected chi connectivity index (χ2v) is 7.67. The Morgan fingerprint density at radius 3 is 2.84 bits per heavy atom. The lowest BCUT2D eigenvalue weighted by Gasteiger charge is -2.18. The lowest BCUT2D eigenvalue weighted by Crippen LogP contribution is -2.25. The SMILES string of the molecule is O=C1COc2ccc(NC(=O)c3oc4ccccc4c3CSc3ncccn3)cc2N1. The Bertz CT molecular complexity index is 1290. The summed E-state index contributed by atoms with van der Waals surface area (Å²) in [6, 6.07) is 14.3. The molecule has 0 saturated carbocycles. The number of para-hydroxylation sites is 1. The molecule has 0 spiro atoms. The number of rotatable bonds is 5. The van der Waals surface area contributed by atoms with Gasteiger partial charge >= 0.3 is 0 Å². The maximum absolute atomic E-state index is 13.1. The zero-order valence-electron chi connectivity index (χ0n) is 16.1. The summed E-state index contributed by atoms with van der Waals surface area (Å²) in [5, 5.41) is 7.05. The molecule has 3 heterocycles. The van der Waals surface area contributed by atoms with Gasteiger partial charge in [-0.05, 0) is 30.3 Å². The second-order valence-electron chi connectivity index (χ2n) is 6.73. The van der Waals surface area contributed by atoms with E-state index in [9.17, 15) is 9.59 Å². The van der Waals surface area contributed by atoms with Gasteiger partial charge in [0.1, 0.15) is 11.3 Å². The van der Waals surface area contributed by atoms with Crippen molar-refractivity contribution in [2.24, 2.45) is 0 Å². The van der Waals surface area contributed by atoms with Crippen molar-refractivity contribution in [3.05, 3.63) is 72.2 Å². The summed E-state index contributed by atoms with van der Waals surface area (Å²) in [6.07, 6.45) is 3.35. The highest BCUT2D eigenvalue weighted by Crippen LogP contribution is 2.33. The number of carbonyl (C=O) groups excluding carboxylic acids is 2. The molecule has 2 amide bonds. The van der Waals surface area contributed by atoms with E-state index < -0.39 is 0 Å². The number of furan rings is 1. The maximum Gasteiger partial charge on any atom is 0.291 e. The van der Waals surface area contributed by atoms with Crippen LogP contribution in [0.3, 0.4) is 0 Å². The highest BCUT2D eigenvalue weighted by atomic mass is 32.2. The van der Waals surface area contributed by atoms with Gasteiger partial charge in [-0.15, -0.1) is 0 Å². The van der Waals surface area contributed by atoms with Gasteiger partial charge in [-0.25, -0.2) is 9.97 Å². The molecule has 9 heteroatoms. The van der Waals surface area contributed by atoms with E-state index in [1.165, 1.54) is 11.8 Å². The smallest absolute Gasteiger partial charge is 0.291 e. The number of ether oxygens (including phenoxy) is 1. The van der Waals surface area contributed by atoms with Crippen LogP contribution >= 0.6 is 11.8 Å². The number of thioether (sulfide) groups is 1. The Labute approximate surface area is 181 Å². The number of aromatic nitrogens is 2. The summed E-state index contributed by atoms with van der Waals surface area (Å²) < 4.78 is 11.2. The zero-order valence-corrected chi connectivity index (χ0v) is 16.9. The highest BCUT2D eigenvalue weighted by molar-refractivity contribution is 7.98. The van der Waals surface area contributed by atoms with E-state index in [4.69, 9.17) is 9.15 Å². The molecule has 2 aromatic heterocycles. The molecule has 31 heavy (non-hydrogen) atoms. The van der Waals surface area contributed by atoms with Gasteiger partial charge in [0.05, 0.1) is 5.69 Å². The molecule has 1 aliphatic rings. The number of benzene rings is 2. The van der Waals surface area contributed by atoms with Crippen molar-refractivity contribution in [2.45, 2.75) is 10.9 Å². The van der Waals surface area contributed by atoms with Crippen molar-refractivity contribution >= 4 is 45.9 Å². The van der Waals surface area contributed by atoms with Gasteiger partial charge in [0.2, 0.25) is 0 Å². The minimum absolute atomic E-state index is 0.0240. The summed E-state index contributed by atoms with van der Waals surface area (Å²) in [5.41, 5.74) is 2.42. The molecule has 2 aromatic carbocycles. The van der Waals surface area contributed by atoms with E-state index in [-0.39, 0.29) is 24.2 Å². The van der Waals surface area contributed by atoms with Gasteiger partial charge < -0.3 is 19.8 Å². The van der Waals surface area contributed by atoms with E-state index >= 15 is 0 Å². The average molecular weight is 432 g/mol. The summed E-state index contributed by atoms with van der Waals surface area (Å²) in [7, 11) is 0. The van der Waals surface area contributed by atoms with Gasteiger partial charge in [-0.1, -0.05) is 30.0 Å². The monoisotopic (exact) mass is 432 g/mol. The molecule has 154 valence electrons. The Hall–Kier alpha value is -3.85. The van der Waals surface area contributed by atoms with Crippen LogP contribution in [0, 0.1) is 0 Å². The molecule has 0 bridgehead atoms. The van der Waals surface area contributed by atoms with Crippen LogP contribution in [0.5, 0.6) is 5.75 Å². The number of hydrogen-bond donors (Lipinski definition) is 2. The third-order valence-corrected chi connectivity index (χ3v) is 5.56. The zero-order chi connectivity index (χ0) is 21.2. The summed E-state index contributed by atoms with van der Waals surface area (Å²) in [5.74, 6) is 0.626. The Kier molecular flexibility index (Phi) is 5.01. The van der Waals surface area contributed by atoms with Gasteiger partial charge in [-0.3, -0.25) is 9.59 Å². The van der Waals surface area contributed by atoms with E-state index in [0.717, 1.165) is 10.9 Å². The molecule has 0 aliphatic carbocycles. The number of anilines is 2.